The van der Waals surface area contributed by atoms with Crippen LogP contribution in [0.25, 0.3) is 0 Å². The molecular formula is C12H16BrFN2O. The van der Waals surface area contributed by atoms with E-state index in [2.05, 4.69) is 21.2 Å². The smallest absolute Gasteiger partial charge is 0.227 e. The molecule has 1 aromatic carbocycles. The molecule has 3 nitrogen and oxygen atoms in total. The molecule has 0 radical (unpaired) electrons. The maximum Gasteiger partial charge on any atom is 0.227 e. The lowest BCUT2D eigenvalue weighted by molar-refractivity contribution is -0.119. The zero-order valence-electron chi connectivity index (χ0n) is 9.67. The summed E-state index contributed by atoms with van der Waals surface area (Å²) in [7, 11) is 0. The molecule has 17 heavy (non-hydrogen) atoms. The van der Waals surface area contributed by atoms with Crippen LogP contribution in [0.2, 0.25) is 0 Å². The van der Waals surface area contributed by atoms with Gasteiger partial charge in [0.2, 0.25) is 5.91 Å². The van der Waals surface area contributed by atoms with Crippen molar-refractivity contribution in [2.45, 2.75) is 19.8 Å². The Hall–Kier alpha value is -0.940. The summed E-state index contributed by atoms with van der Waals surface area (Å²) in [6.45, 7) is 2.43. The van der Waals surface area contributed by atoms with E-state index >= 15 is 0 Å². The highest BCUT2D eigenvalue weighted by molar-refractivity contribution is 9.10. The number of hydrogen-bond donors (Lipinski definition) is 2. The molecule has 0 spiro atoms. The number of anilines is 1. The van der Waals surface area contributed by atoms with Crippen molar-refractivity contribution in [1.82, 2.24) is 0 Å². The van der Waals surface area contributed by atoms with Gasteiger partial charge >= 0.3 is 0 Å². The van der Waals surface area contributed by atoms with E-state index < -0.39 is 0 Å². The molecule has 1 amide bonds. The Bertz CT molecular complexity index is 398. The van der Waals surface area contributed by atoms with Crippen LogP contribution in [0.3, 0.4) is 0 Å². The van der Waals surface area contributed by atoms with Gasteiger partial charge in [-0.15, -0.1) is 0 Å². The molecule has 0 aliphatic rings. The Balaban J connectivity index is 2.58. The number of hydrogen-bond acceptors (Lipinski definition) is 2. The van der Waals surface area contributed by atoms with Crippen LogP contribution in [0.4, 0.5) is 10.1 Å². The lowest BCUT2D eigenvalue weighted by atomic mass is 10.0. The quantitative estimate of drug-likeness (QED) is 0.879. The number of halogens is 2. The van der Waals surface area contributed by atoms with Crippen LogP contribution in [0.15, 0.2) is 22.7 Å². The van der Waals surface area contributed by atoms with Crippen molar-refractivity contribution in [3.05, 3.63) is 28.5 Å². The predicted octanol–water partition coefficient (Wildman–Crippen LogP) is 2.90. The van der Waals surface area contributed by atoms with E-state index in [9.17, 15) is 9.18 Å². The molecule has 0 saturated heterocycles. The first-order chi connectivity index (χ1) is 8.04. The van der Waals surface area contributed by atoms with Gasteiger partial charge in [-0.2, -0.15) is 0 Å². The van der Waals surface area contributed by atoms with E-state index in [1.165, 1.54) is 12.1 Å². The van der Waals surface area contributed by atoms with E-state index in [1.54, 1.807) is 6.07 Å². The van der Waals surface area contributed by atoms with Gasteiger partial charge in [0.05, 0.1) is 4.47 Å². The van der Waals surface area contributed by atoms with Gasteiger partial charge in [0.25, 0.3) is 0 Å². The van der Waals surface area contributed by atoms with Gasteiger partial charge in [-0.25, -0.2) is 4.39 Å². The largest absolute Gasteiger partial charge is 0.330 e. The monoisotopic (exact) mass is 302 g/mol. The minimum atomic E-state index is -0.348. The third-order valence-corrected chi connectivity index (χ3v) is 3.08. The summed E-state index contributed by atoms with van der Waals surface area (Å²) in [6.07, 6.45) is 1.58. The molecule has 3 N–H and O–H groups in total. The molecule has 1 atom stereocenters. The third kappa shape index (κ3) is 4.44. The van der Waals surface area contributed by atoms with Gasteiger partial charge in [0, 0.05) is 11.6 Å². The summed E-state index contributed by atoms with van der Waals surface area (Å²) in [5.41, 5.74) is 5.97. The van der Waals surface area contributed by atoms with Crippen LogP contribution in [0.5, 0.6) is 0 Å². The van der Waals surface area contributed by atoms with Crippen molar-refractivity contribution in [3.63, 3.8) is 0 Å². The maximum absolute atomic E-state index is 13.0. The molecular weight excluding hydrogens is 287 g/mol. The Labute approximate surface area is 109 Å². The van der Waals surface area contributed by atoms with Crippen molar-refractivity contribution < 1.29 is 9.18 Å². The fourth-order valence-electron chi connectivity index (χ4n) is 1.39. The molecule has 1 aromatic rings. The van der Waals surface area contributed by atoms with Crippen molar-refractivity contribution in [2.75, 3.05) is 11.9 Å². The number of carbonyl (C=O) groups is 1. The highest BCUT2D eigenvalue weighted by Crippen LogP contribution is 2.20. The molecule has 1 rings (SSSR count). The number of nitrogens with one attached hydrogen (secondary N) is 1. The summed E-state index contributed by atoms with van der Waals surface area (Å²) < 4.78 is 13.3. The molecule has 0 fully saturated rings. The number of carbonyl (C=O) groups excluding carboxylic acids is 1. The molecule has 0 bridgehead atoms. The number of rotatable bonds is 5. The van der Waals surface area contributed by atoms with Crippen molar-refractivity contribution in [1.29, 1.82) is 0 Å². The Morgan fingerprint density at radius 3 is 2.88 bits per heavy atom. The van der Waals surface area contributed by atoms with Crippen LogP contribution in [-0.2, 0) is 4.79 Å². The standard InChI is InChI=1S/C12H16BrFN2O/c1-8(3-2-6-15)12(17)16-9-4-5-11(14)10(13)7-9/h4-5,7-8H,2-3,6,15H2,1H3,(H,16,17). The average Bonchev–Trinajstić information content (AvgIpc) is 2.30. The van der Waals surface area contributed by atoms with Gasteiger partial charge < -0.3 is 11.1 Å². The minimum absolute atomic E-state index is 0.0723. The van der Waals surface area contributed by atoms with Crippen molar-refractivity contribution in [2.24, 2.45) is 11.7 Å². The first kappa shape index (κ1) is 14.1. The zero-order chi connectivity index (χ0) is 12.8. The van der Waals surface area contributed by atoms with E-state index in [0.717, 1.165) is 12.8 Å². The fraction of sp³-hybridized carbons (Fsp3) is 0.417. The summed E-state index contributed by atoms with van der Waals surface area (Å²) in [5.74, 6) is -0.515. The number of amides is 1. The van der Waals surface area contributed by atoms with Crippen molar-refractivity contribution >= 4 is 27.5 Å². The van der Waals surface area contributed by atoms with Crippen LogP contribution in [0, 0.1) is 11.7 Å². The summed E-state index contributed by atoms with van der Waals surface area (Å²) in [6, 6.07) is 4.39. The third-order valence-electron chi connectivity index (χ3n) is 2.48. The molecule has 0 saturated carbocycles. The SMILES string of the molecule is CC(CCCN)C(=O)Nc1ccc(F)c(Br)c1. The molecule has 0 aliphatic carbocycles. The number of benzene rings is 1. The molecule has 0 aliphatic heterocycles. The van der Waals surface area contributed by atoms with Gasteiger partial charge in [0.15, 0.2) is 0 Å². The maximum atomic E-state index is 13.0. The minimum Gasteiger partial charge on any atom is -0.330 e. The second-order valence-corrected chi connectivity index (χ2v) is 4.80. The van der Waals surface area contributed by atoms with Crippen LogP contribution in [0.1, 0.15) is 19.8 Å². The molecule has 0 heterocycles. The van der Waals surface area contributed by atoms with Crippen LogP contribution in [-0.4, -0.2) is 12.5 Å². The zero-order valence-corrected chi connectivity index (χ0v) is 11.3. The predicted molar refractivity (Wildman–Crippen MR) is 70.2 cm³/mol. The van der Waals surface area contributed by atoms with Gasteiger partial charge in [-0.3, -0.25) is 4.79 Å². The Morgan fingerprint density at radius 2 is 2.29 bits per heavy atom. The Kier molecular flexibility index (Phi) is 5.58. The van der Waals surface area contributed by atoms with Crippen molar-refractivity contribution in [3.8, 4) is 0 Å². The Morgan fingerprint density at radius 1 is 1.59 bits per heavy atom. The van der Waals surface area contributed by atoms with E-state index in [-0.39, 0.29) is 17.6 Å². The van der Waals surface area contributed by atoms with Gasteiger partial charge in [-0.1, -0.05) is 6.92 Å². The summed E-state index contributed by atoms with van der Waals surface area (Å²) >= 11 is 3.07. The van der Waals surface area contributed by atoms with Gasteiger partial charge in [-0.05, 0) is 53.5 Å². The summed E-state index contributed by atoms with van der Waals surface area (Å²) in [5, 5.41) is 2.74. The average molecular weight is 303 g/mol. The van der Waals surface area contributed by atoms with E-state index in [0.29, 0.717) is 16.7 Å². The first-order valence-electron chi connectivity index (χ1n) is 5.50. The second-order valence-electron chi connectivity index (χ2n) is 3.95. The second kappa shape index (κ2) is 6.71. The highest BCUT2D eigenvalue weighted by atomic mass is 79.9. The van der Waals surface area contributed by atoms with Crippen LogP contribution < -0.4 is 11.1 Å². The highest BCUT2D eigenvalue weighted by Gasteiger charge is 2.12. The molecule has 0 aromatic heterocycles. The van der Waals surface area contributed by atoms with E-state index in [1.807, 2.05) is 6.92 Å². The summed E-state index contributed by atoms with van der Waals surface area (Å²) in [4.78, 5) is 11.8. The topological polar surface area (TPSA) is 55.1 Å². The van der Waals surface area contributed by atoms with Gasteiger partial charge in [0.1, 0.15) is 5.82 Å². The first-order valence-corrected chi connectivity index (χ1v) is 6.30. The normalized spacial score (nSPS) is 12.2. The molecule has 5 heteroatoms. The van der Waals surface area contributed by atoms with E-state index in [4.69, 9.17) is 5.73 Å². The molecule has 94 valence electrons. The molecule has 1 unspecified atom stereocenters. The lowest BCUT2D eigenvalue weighted by Crippen LogP contribution is -2.21. The lowest BCUT2D eigenvalue weighted by Gasteiger charge is -2.11. The fourth-order valence-corrected chi connectivity index (χ4v) is 1.77. The number of nitrogens with two attached hydrogens (primary N) is 1. The van der Waals surface area contributed by atoms with Crippen LogP contribution >= 0.6 is 15.9 Å².